The van der Waals surface area contributed by atoms with E-state index in [1.165, 1.54) is 23.5 Å². The lowest BCUT2D eigenvalue weighted by Gasteiger charge is -2.09. The molecule has 1 amide bonds. The molecule has 0 saturated heterocycles. The summed E-state index contributed by atoms with van der Waals surface area (Å²) >= 11 is 1.23. The van der Waals surface area contributed by atoms with Crippen molar-refractivity contribution < 1.29 is 18.0 Å². The van der Waals surface area contributed by atoms with E-state index in [0.29, 0.717) is 15.4 Å². The van der Waals surface area contributed by atoms with Gasteiger partial charge in [-0.15, -0.1) is 11.3 Å². The van der Waals surface area contributed by atoms with E-state index in [9.17, 15) is 18.0 Å². The van der Waals surface area contributed by atoms with Crippen LogP contribution in [0.25, 0.3) is 15.9 Å². The average Bonchev–Trinajstić information content (AvgIpc) is 3.28. The van der Waals surface area contributed by atoms with Crippen molar-refractivity contribution in [2.75, 3.05) is 5.32 Å². The summed E-state index contributed by atoms with van der Waals surface area (Å²) in [6.45, 7) is 0. The maximum Gasteiger partial charge on any atom is 0.416 e. The summed E-state index contributed by atoms with van der Waals surface area (Å²) in [4.78, 5) is 18.3. The predicted octanol–water partition coefficient (Wildman–Crippen LogP) is 5.36. The van der Waals surface area contributed by atoms with Crippen molar-refractivity contribution in [1.29, 1.82) is 0 Å². The van der Waals surface area contributed by atoms with Gasteiger partial charge in [0, 0.05) is 29.7 Å². The molecule has 3 aromatic heterocycles. The monoisotopic (exact) mass is 387 g/mol. The SMILES string of the molecule is O=C(Nc1ccc(C(F)(F)F)cc1)c1sc2ncccc2c1-n1cccc1. The summed E-state index contributed by atoms with van der Waals surface area (Å²) in [6, 6.07) is 11.7. The van der Waals surface area contributed by atoms with Gasteiger partial charge in [-0.2, -0.15) is 13.2 Å². The number of hydrogen-bond acceptors (Lipinski definition) is 3. The van der Waals surface area contributed by atoms with Crippen LogP contribution in [0.3, 0.4) is 0 Å². The molecule has 0 atom stereocenters. The molecule has 0 radical (unpaired) electrons. The van der Waals surface area contributed by atoms with Gasteiger partial charge in [0.05, 0.1) is 11.3 Å². The minimum absolute atomic E-state index is 0.289. The number of carbonyl (C=O) groups is 1. The number of halogens is 3. The van der Waals surface area contributed by atoms with Crippen molar-refractivity contribution in [2.45, 2.75) is 6.18 Å². The highest BCUT2D eigenvalue weighted by Crippen LogP contribution is 2.34. The predicted molar refractivity (Wildman–Crippen MR) is 98.3 cm³/mol. The van der Waals surface area contributed by atoms with Gasteiger partial charge in [-0.05, 0) is 48.5 Å². The molecular weight excluding hydrogens is 375 g/mol. The van der Waals surface area contributed by atoms with E-state index >= 15 is 0 Å². The van der Waals surface area contributed by atoms with Crippen LogP contribution in [-0.4, -0.2) is 15.5 Å². The minimum atomic E-state index is -4.42. The number of alkyl halides is 3. The molecule has 0 saturated carbocycles. The van der Waals surface area contributed by atoms with Crippen LogP contribution < -0.4 is 5.32 Å². The summed E-state index contributed by atoms with van der Waals surface area (Å²) in [6.07, 6.45) is 0.879. The zero-order valence-corrected chi connectivity index (χ0v) is 14.5. The Bertz CT molecular complexity index is 1100. The molecule has 4 rings (SSSR count). The smallest absolute Gasteiger partial charge is 0.322 e. The second kappa shape index (κ2) is 6.55. The summed E-state index contributed by atoms with van der Waals surface area (Å²) in [5.74, 6) is -0.401. The Labute approximate surface area is 155 Å². The number of aromatic nitrogens is 2. The molecule has 0 fully saturated rings. The fourth-order valence-corrected chi connectivity index (χ4v) is 3.78. The first kappa shape index (κ1) is 17.3. The zero-order chi connectivity index (χ0) is 19.0. The molecule has 1 aromatic carbocycles. The van der Waals surface area contributed by atoms with Gasteiger partial charge in [-0.3, -0.25) is 4.79 Å². The van der Waals surface area contributed by atoms with Crippen molar-refractivity contribution >= 4 is 33.1 Å². The second-order valence-electron chi connectivity index (χ2n) is 5.76. The molecule has 0 aliphatic rings. The molecular formula is C19H12F3N3OS. The Morgan fingerprint density at radius 2 is 1.74 bits per heavy atom. The van der Waals surface area contributed by atoms with Crippen LogP contribution in [0.1, 0.15) is 15.2 Å². The summed E-state index contributed by atoms with van der Waals surface area (Å²) in [7, 11) is 0. The summed E-state index contributed by atoms with van der Waals surface area (Å²) in [5, 5.41) is 3.49. The highest BCUT2D eigenvalue weighted by atomic mass is 32.1. The molecule has 3 heterocycles. The molecule has 27 heavy (non-hydrogen) atoms. The lowest BCUT2D eigenvalue weighted by molar-refractivity contribution is -0.137. The number of pyridine rings is 1. The molecule has 136 valence electrons. The molecule has 0 unspecified atom stereocenters. The number of thiophene rings is 1. The average molecular weight is 387 g/mol. The number of rotatable bonds is 3. The fourth-order valence-electron chi connectivity index (χ4n) is 2.74. The Balaban J connectivity index is 1.70. The Kier molecular flexibility index (Phi) is 4.19. The maximum atomic E-state index is 12.8. The molecule has 1 N–H and O–H groups in total. The number of anilines is 1. The van der Waals surface area contributed by atoms with Gasteiger partial charge in [-0.1, -0.05) is 0 Å². The van der Waals surface area contributed by atoms with Crippen LogP contribution in [-0.2, 0) is 6.18 Å². The first-order valence-corrected chi connectivity index (χ1v) is 8.74. The van der Waals surface area contributed by atoms with Crippen molar-refractivity contribution in [3.63, 3.8) is 0 Å². The van der Waals surface area contributed by atoms with Crippen LogP contribution in [0.5, 0.6) is 0 Å². The van der Waals surface area contributed by atoms with Gasteiger partial charge in [0.25, 0.3) is 5.91 Å². The van der Waals surface area contributed by atoms with E-state index in [4.69, 9.17) is 0 Å². The Hall–Kier alpha value is -3.13. The van der Waals surface area contributed by atoms with Crippen LogP contribution in [0.15, 0.2) is 67.1 Å². The second-order valence-corrected chi connectivity index (χ2v) is 6.75. The van der Waals surface area contributed by atoms with E-state index < -0.39 is 17.6 Å². The van der Waals surface area contributed by atoms with Crippen LogP contribution >= 0.6 is 11.3 Å². The van der Waals surface area contributed by atoms with E-state index in [1.807, 2.05) is 35.2 Å². The van der Waals surface area contributed by atoms with E-state index in [1.54, 1.807) is 12.3 Å². The fraction of sp³-hybridized carbons (Fsp3) is 0.0526. The highest BCUT2D eigenvalue weighted by molar-refractivity contribution is 7.21. The Morgan fingerprint density at radius 3 is 2.41 bits per heavy atom. The highest BCUT2D eigenvalue weighted by Gasteiger charge is 2.30. The number of nitrogens with one attached hydrogen (secondary N) is 1. The molecule has 8 heteroatoms. The van der Waals surface area contributed by atoms with Gasteiger partial charge in [-0.25, -0.2) is 4.98 Å². The number of nitrogens with zero attached hydrogens (tertiary/aromatic N) is 2. The zero-order valence-electron chi connectivity index (χ0n) is 13.7. The van der Waals surface area contributed by atoms with Crippen LogP contribution in [0, 0.1) is 0 Å². The van der Waals surface area contributed by atoms with Crippen molar-refractivity contribution in [3.05, 3.63) is 77.6 Å². The third-order valence-electron chi connectivity index (χ3n) is 3.98. The minimum Gasteiger partial charge on any atom is -0.322 e. The van der Waals surface area contributed by atoms with Gasteiger partial charge in [0.1, 0.15) is 9.71 Å². The Morgan fingerprint density at radius 1 is 1.04 bits per heavy atom. The first-order valence-electron chi connectivity index (χ1n) is 7.93. The van der Waals surface area contributed by atoms with E-state index in [0.717, 1.165) is 17.5 Å². The normalized spacial score (nSPS) is 11.7. The number of fused-ring (bicyclic) bond motifs is 1. The van der Waals surface area contributed by atoms with Crippen LogP contribution in [0.2, 0.25) is 0 Å². The lowest BCUT2D eigenvalue weighted by Crippen LogP contribution is -2.13. The van der Waals surface area contributed by atoms with Gasteiger partial charge >= 0.3 is 6.18 Å². The molecule has 0 aliphatic heterocycles. The number of hydrogen-bond donors (Lipinski definition) is 1. The summed E-state index contributed by atoms with van der Waals surface area (Å²) < 4.78 is 39.9. The molecule has 4 nitrogen and oxygen atoms in total. The van der Waals surface area contributed by atoms with Gasteiger partial charge < -0.3 is 9.88 Å². The quantitative estimate of drug-likeness (QED) is 0.515. The van der Waals surface area contributed by atoms with Crippen molar-refractivity contribution in [2.24, 2.45) is 0 Å². The van der Waals surface area contributed by atoms with Gasteiger partial charge in [0.15, 0.2) is 0 Å². The van der Waals surface area contributed by atoms with Crippen molar-refractivity contribution in [3.8, 4) is 5.69 Å². The van der Waals surface area contributed by atoms with Crippen LogP contribution in [0.4, 0.5) is 18.9 Å². The number of carbonyl (C=O) groups excluding carboxylic acids is 1. The number of benzene rings is 1. The largest absolute Gasteiger partial charge is 0.416 e. The van der Waals surface area contributed by atoms with E-state index in [-0.39, 0.29) is 5.69 Å². The summed E-state index contributed by atoms with van der Waals surface area (Å²) in [5.41, 5.74) is 0.217. The third-order valence-corrected chi connectivity index (χ3v) is 5.08. The molecule has 0 aliphatic carbocycles. The maximum absolute atomic E-state index is 12.8. The van der Waals surface area contributed by atoms with Crippen molar-refractivity contribution in [1.82, 2.24) is 9.55 Å². The third kappa shape index (κ3) is 3.31. The van der Waals surface area contributed by atoms with E-state index in [2.05, 4.69) is 10.3 Å². The lowest BCUT2D eigenvalue weighted by atomic mass is 10.2. The molecule has 4 aromatic rings. The first-order chi connectivity index (χ1) is 12.9. The molecule has 0 bridgehead atoms. The number of amides is 1. The van der Waals surface area contributed by atoms with Gasteiger partial charge in [0.2, 0.25) is 0 Å². The topological polar surface area (TPSA) is 46.9 Å². The standard InChI is InChI=1S/C19H12F3N3OS/c20-19(21,22)12-5-7-13(8-6-12)24-17(26)16-15(25-10-1-2-11-25)14-4-3-9-23-18(14)27-16/h1-11H,(H,24,26). The molecule has 0 spiro atoms.